The topological polar surface area (TPSA) is 30.7 Å². The van der Waals surface area contributed by atoms with E-state index in [-0.39, 0.29) is 5.82 Å². The minimum Gasteiger partial charge on any atom is -0.330 e. The molecule has 1 aromatic carbocycles. The van der Waals surface area contributed by atoms with Crippen molar-refractivity contribution in [2.45, 2.75) is 13.0 Å². The number of hydrogen-bond donors (Lipinski definition) is 0. The van der Waals surface area contributed by atoms with Crippen LogP contribution >= 0.6 is 15.9 Å². The SMILES string of the molecule is Fc1cc(Br)cc(Cn2ccnc2Cc2ccccn2)c1. The van der Waals surface area contributed by atoms with Crippen LogP contribution in [-0.4, -0.2) is 14.5 Å². The summed E-state index contributed by atoms with van der Waals surface area (Å²) in [6.07, 6.45) is 6.08. The van der Waals surface area contributed by atoms with Crippen LogP contribution in [0.15, 0.2) is 59.5 Å². The average Bonchev–Trinajstić information content (AvgIpc) is 2.86. The second kappa shape index (κ2) is 6.18. The minimum atomic E-state index is -0.245. The summed E-state index contributed by atoms with van der Waals surface area (Å²) in [6, 6.07) is 10.7. The Bertz CT molecular complexity index is 720. The maximum atomic E-state index is 13.4. The molecule has 3 rings (SSSR count). The molecule has 106 valence electrons. The normalized spacial score (nSPS) is 10.8. The molecular weight excluding hydrogens is 333 g/mol. The largest absolute Gasteiger partial charge is 0.330 e. The molecule has 21 heavy (non-hydrogen) atoms. The number of rotatable bonds is 4. The van der Waals surface area contributed by atoms with Crippen molar-refractivity contribution in [2.75, 3.05) is 0 Å². The number of halogens is 2. The third kappa shape index (κ3) is 3.55. The van der Waals surface area contributed by atoms with Gasteiger partial charge in [0.15, 0.2) is 0 Å². The molecular formula is C16H13BrFN3. The zero-order valence-electron chi connectivity index (χ0n) is 11.2. The molecule has 0 aliphatic carbocycles. The summed E-state index contributed by atoms with van der Waals surface area (Å²) in [6.45, 7) is 0.582. The molecule has 0 spiro atoms. The lowest BCUT2D eigenvalue weighted by Crippen LogP contribution is -2.06. The zero-order chi connectivity index (χ0) is 14.7. The van der Waals surface area contributed by atoms with Gasteiger partial charge in [0.05, 0.1) is 0 Å². The van der Waals surface area contributed by atoms with Gasteiger partial charge in [-0.15, -0.1) is 0 Å². The van der Waals surface area contributed by atoms with E-state index in [1.165, 1.54) is 12.1 Å². The van der Waals surface area contributed by atoms with E-state index in [4.69, 9.17) is 0 Å². The summed E-state index contributed by atoms with van der Waals surface area (Å²) in [5.41, 5.74) is 1.85. The molecule has 0 atom stereocenters. The van der Waals surface area contributed by atoms with Crippen LogP contribution in [-0.2, 0) is 13.0 Å². The molecule has 3 nitrogen and oxygen atoms in total. The van der Waals surface area contributed by atoms with Gasteiger partial charge in [-0.3, -0.25) is 4.98 Å². The molecule has 5 heteroatoms. The van der Waals surface area contributed by atoms with Crippen molar-refractivity contribution in [2.24, 2.45) is 0 Å². The van der Waals surface area contributed by atoms with E-state index in [0.29, 0.717) is 13.0 Å². The summed E-state index contributed by atoms with van der Waals surface area (Å²) in [4.78, 5) is 8.68. The first-order valence-corrected chi connectivity index (χ1v) is 7.35. The highest BCUT2D eigenvalue weighted by molar-refractivity contribution is 9.10. The predicted molar refractivity (Wildman–Crippen MR) is 82.5 cm³/mol. The molecule has 0 amide bonds. The molecule has 0 fully saturated rings. The third-order valence-corrected chi connectivity index (χ3v) is 3.60. The van der Waals surface area contributed by atoms with Crippen LogP contribution in [0.1, 0.15) is 17.1 Å². The highest BCUT2D eigenvalue weighted by Crippen LogP contribution is 2.17. The van der Waals surface area contributed by atoms with Crippen molar-refractivity contribution >= 4 is 15.9 Å². The summed E-state index contributed by atoms with van der Waals surface area (Å²) in [7, 11) is 0. The zero-order valence-corrected chi connectivity index (χ0v) is 12.8. The van der Waals surface area contributed by atoms with Crippen LogP contribution in [0.2, 0.25) is 0 Å². The van der Waals surface area contributed by atoms with E-state index < -0.39 is 0 Å². The highest BCUT2D eigenvalue weighted by atomic mass is 79.9. The number of benzene rings is 1. The Hall–Kier alpha value is -2.01. The summed E-state index contributed by atoms with van der Waals surface area (Å²) in [5, 5.41) is 0. The fraction of sp³-hybridized carbons (Fsp3) is 0.125. The van der Waals surface area contributed by atoms with Crippen molar-refractivity contribution < 1.29 is 4.39 Å². The van der Waals surface area contributed by atoms with Crippen LogP contribution in [0.25, 0.3) is 0 Å². The van der Waals surface area contributed by atoms with Crippen molar-refractivity contribution in [3.63, 3.8) is 0 Å². The lowest BCUT2D eigenvalue weighted by Gasteiger charge is -2.08. The molecule has 0 N–H and O–H groups in total. The van der Waals surface area contributed by atoms with Crippen LogP contribution in [0.4, 0.5) is 4.39 Å². The van der Waals surface area contributed by atoms with Crippen molar-refractivity contribution in [3.05, 3.63) is 82.4 Å². The van der Waals surface area contributed by atoms with Crippen molar-refractivity contribution in [1.29, 1.82) is 0 Å². The average molecular weight is 346 g/mol. The maximum Gasteiger partial charge on any atom is 0.124 e. The Morgan fingerprint density at radius 1 is 1.10 bits per heavy atom. The standard InChI is InChI=1S/C16H13BrFN3/c17-13-7-12(8-14(18)9-13)11-21-6-5-20-16(21)10-15-3-1-2-4-19-15/h1-9H,10-11H2. The fourth-order valence-corrected chi connectivity index (χ4v) is 2.73. The Morgan fingerprint density at radius 3 is 2.76 bits per heavy atom. The first-order valence-electron chi connectivity index (χ1n) is 6.55. The van der Waals surface area contributed by atoms with Gasteiger partial charge >= 0.3 is 0 Å². The van der Waals surface area contributed by atoms with Crippen molar-refractivity contribution in [3.8, 4) is 0 Å². The van der Waals surface area contributed by atoms with Gasteiger partial charge in [-0.25, -0.2) is 9.37 Å². The van der Waals surface area contributed by atoms with E-state index in [9.17, 15) is 4.39 Å². The molecule has 0 saturated heterocycles. The quantitative estimate of drug-likeness (QED) is 0.719. The lowest BCUT2D eigenvalue weighted by molar-refractivity contribution is 0.621. The van der Waals surface area contributed by atoms with E-state index in [0.717, 1.165) is 21.6 Å². The molecule has 0 bridgehead atoms. The third-order valence-electron chi connectivity index (χ3n) is 3.14. The number of pyridine rings is 1. The lowest BCUT2D eigenvalue weighted by atomic mass is 10.2. The molecule has 2 heterocycles. The number of imidazole rings is 1. The summed E-state index contributed by atoms with van der Waals surface area (Å²) >= 11 is 3.31. The van der Waals surface area contributed by atoms with Gasteiger partial charge in [-0.05, 0) is 35.9 Å². The van der Waals surface area contributed by atoms with Gasteiger partial charge in [0.25, 0.3) is 0 Å². The molecule has 0 aliphatic rings. The number of aromatic nitrogens is 3. The molecule has 0 aliphatic heterocycles. The van der Waals surface area contributed by atoms with Gasteiger partial charge in [0.1, 0.15) is 11.6 Å². The number of hydrogen-bond acceptors (Lipinski definition) is 2. The first-order chi connectivity index (χ1) is 10.2. The van der Waals surface area contributed by atoms with E-state index in [1.807, 2.05) is 35.0 Å². The van der Waals surface area contributed by atoms with Gasteiger partial charge in [-0.1, -0.05) is 22.0 Å². The number of nitrogens with zero attached hydrogens (tertiary/aromatic N) is 3. The minimum absolute atomic E-state index is 0.245. The van der Waals surface area contributed by atoms with E-state index >= 15 is 0 Å². The van der Waals surface area contributed by atoms with Gasteiger partial charge in [0.2, 0.25) is 0 Å². The van der Waals surface area contributed by atoms with Crippen molar-refractivity contribution in [1.82, 2.24) is 14.5 Å². The Kier molecular flexibility index (Phi) is 4.10. The Morgan fingerprint density at radius 2 is 2.00 bits per heavy atom. The molecule has 3 aromatic rings. The van der Waals surface area contributed by atoms with Gasteiger partial charge < -0.3 is 4.57 Å². The fourth-order valence-electron chi connectivity index (χ4n) is 2.21. The first kappa shape index (κ1) is 13.9. The van der Waals surface area contributed by atoms with E-state index in [2.05, 4.69) is 25.9 Å². The van der Waals surface area contributed by atoms with E-state index in [1.54, 1.807) is 12.4 Å². The summed E-state index contributed by atoms with van der Waals surface area (Å²) in [5.74, 6) is 0.667. The molecule has 2 aromatic heterocycles. The highest BCUT2D eigenvalue weighted by Gasteiger charge is 2.07. The predicted octanol–water partition coefficient (Wildman–Crippen LogP) is 3.82. The second-order valence-electron chi connectivity index (χ2n) is 4.75. The van der Waals surface area contributed by atoms with Crippen LogP contribution in [0.3, 0.4) is 0 Å². The van der Waals surface area contributed by atoms with Gasteiger partial charge in [-0.2, -0.15) is 0 Å². The summed E-state index contributed by atoms with van der Waals surface area (Å²) < 4.78 is 16.2. The molecule has 0 unspecified atom stereocenters. The smallest absolute Gasteiger partial charge is 0.124 e. The monoisotopic (exact) mass is 345 g/mol. The van der Waals surface area contributed by atoms with Crippen LogP contribution < -0.4 is 0 Å². The second-order valence-corrected chi connectivity index (χ2v) is 5.66. The molecule has 0 saturated carbocycles. The Balaban J connectivity index is 1.82. The van der Waals surface area contributed by atoms with Crippen LogP contribution in [0, 0.1) is 5.82 Å². The molecule has 0 radical (unpaired) electrons. The van der Waals surface area contributed by atoms with Crippen LogP contribution in [0.5, 0.6) is 0 Å². The Labute approximate surface area is 130 Å². The maximum absolute atomic E-state index is 13.4. The van der Waals surface area contributed by atoms with Gasteiger partial charge in [0, 0.05) is 41.7 Å².